The van der Waals surface area contributed by atoms with Crippen molar-refractivity contribution in [2.75, 3.05) is 38.2 Å². The van der Waals surface area contributed by atoms with Gasteiger partial charge < -0.3 is 19.9 Å². The van der Waals surface area contributed by atoms with Gasteiger partial charge in [-0.25, -0.2) is 9.59 Å². The van der Waals surface area contributed by atoms with Crippen LogP contribution in [0, 0.1) is 0 Å². The molecule has 0 radical (unpaired) electrons. The number of nitrogens with one attached hydrogen (secondary N) is 1. The largest absolute Gasteiger partial charge is 0.465 e. The van der Waals surface area contributed by atoms with Crippen molar-refractivity contribution in [1.82, 2.24) is 10.2 Å². The zero-order valence-electron chi connectivity index (χ0n) is 15.7. The van der Waals surface area contributed by atoms with Gasteiger partial charge in [-0.15, -0.1) is 0 Å². The second kappa shape index (κ2) is 8.58. The number of hydrogen-bond donors (Lipinski definition) is 1. The second-order valence-corrected chi connectivity index (χ2v) is 6.59. The van der Waals surface area contributed by atoms with Crippen molar-refractivity contribution in [3.63, 3.8) is 0 Å². The summed E-state index contributed by atoms with van der Waals surface area (Å²) in [7, 11) is 1.37. The van der Waals surface area contributed by atoms with Gasteiger partial charge in [-0.3, -0.25) is 0 Å². The van der Waals surface area contributed by atoms with Crippen LogP contribution in [0.2, 0.25) is 0 Å². The number of ether oxygens (including phenoxy) is 1. The summed E-state index contributed by atoms with van der Waals surface area (Å²) in [4.78, 5) is 28.1. The number of piperazine rings is 1. The summed E-state index contributed by atoms with van der Waals surface area (Å²) in [6, 6.07) is 17.2. The van der Waals surface area contributed by atoms with Gasteiger partial charge in [0.1, 0.15) is 0 Å². The smallest absolute Gasteiger partial charge is 0.337 e. The zero-order chi connectivity index (χ0) is 19.2. The van der Waals surface area contributed by atoms with Crippen LogP contribution in [0.5, 0.6) is 0 Å². The molecule has 2 aromatic rings. The highest BCUT2D eigenvalue weighted by Gasteiger charge is 2.22. The monoisotopic (exact) mass is 367 g/mol. The summed E-state index contributed by atoms with van der Waals surface area (Å²) >= 11 is 0. The van der Waals surface area contributed by atoms with Crippen molar-refractivity contribution in [2.24, 2.45) is 0 Å². The molecule has 6 nitrogen and oxygen atoms in total. The number of amides is 2. The lowest BCUT2D eigenvalue weighted by atomic mass is 10.1. The van der Waals surface area contributed by atoms with Crippen molar-refractivity contribution < 1.29 is 14.3 Å². The van der Waals surface area contributed by atoms with Gasteiger partial charge in [0.2, 0.25) is 0 Å². The molecule has 1 aliphatic heterocycles. The number of benzene rings is 2. The fourth-order valence-electron chi connectivity index (χ4n) is 3.20. The van der Waals surface area contributed by atoms with Gasteiger partial charge in [-0.2, -0.15) is 0 Å². The topological polar surface area (TPSA) is 61.9 Å². The summed E-state index contributed by atoms with van der Waals surface area (Å²) < 4.78 is 4.72. The van der Waals surface area contributed by atoms with E-state index in [4.69, 9.17) is 4.74 Å². The standard InChI is InChI=1S/C21H25N3O3/c1-16(17-6-4-3-5-7-17)22-21(26)24-14-12-23(13-15-24)19-10-8-18(9-11-19)20(25)27-2/h3-11,16H,12-15H2,1-2H3,(H,22,26). The average molecular weight is 367 g/mol. The summed E-state index contributed by atoms with van der Waals surface area (Å²) in [5.74, 6) is -0.337. The first-order valence-electron chi connectivity index (χ1n) is 9.12. The molecule has 0 bridgehead atoms. The van der Waals surface area contributed by atoms with Gasteiger partial charge in [0, 0.05) is 31.9 Å². The normalized spacial score (nSPS) is 15.2. The molecule has 1 N–H and O–H groups in total. The maximum Gasteiger partial charge on any atom is 0.337 e. The lowest BCUT2D eigenvalue weighted by Crippen LogP contribution is -2.52. The van der Waals surface area contributed by atoms with E-state index in [9.17, 15) is 9.59 Å². The number of urea groups is 1. The summed E-state index contributed by atoms with van der Waals surface area (Å²) in [6.45, 7) is 4.82. The number of carbonyl (C=O) groups excluding carboxylic acids is 2. The van der Waals surface area contributed by atoms with E-state index < -0.39 is 0 Å². The van der Waals surface area contributed by atoms with E-state index in [0.29, 0.717) is 18.7 Å². The highest BCUT2D eigenvalue weighted by Crippen LogP contribution is 2.18. The number of nitrogens with zero attached hydrogens (tertiary/aromatic N) is 2. The predicted octanol–water partition coefficient (Wildman–Crippen LogP) is 3.07. The quantitative estimate of drug-likeness (QED) is 0.844. The molecule has 1 atom stereocenters. The molecule has 6 heteroatoms. The lowest BCUT2D eigenvalue weighted by molar-refractivity contribution is 0.0600. The minimum atomic E-state index is -0.337. The van der Waals surface area contributed by atoms with Crippen molar-refractivity contribution in [1.29, 1.82) is 0 Å². The molecule has 2 amide bonds. The Morgan fingerprint density at radius 2 is 1.59 bits per heavy atom. The molecule has 1 aliphatic rings. The Bertz CT molecular complexity index is 769. The van der Waals surface area contributed by atoms with Gasteiger partial charge in [0.05, 0.1) is 18.7 Å². The number of methoxy groups -OCH3 is 1. The van der Waals surface area contributed by atoms with E-state index >= 15 is 0 Å². The maximum absolute atomic E-state index is 12.5. The van der Waals surface area contributed by atoms with Crippen LogP contribution in [0.1, 0.15) is 28.9 Å². The third kappa shape index (κ3) is 4.58. The van der Waals surface area contributed by atoms with E-state index in [1.807, 2.05) is 54.3 Å². The molecule has 1 unspecified atom stereocenters. The van der Waals surface area contributed by atoms with Crippen molar-refractivity contribution in [3.8, 4) is 0 Å². The van der Waals surface area contributed by atoms with E-state index in [1.165, 1.54) is 7.11 Å². The first kappa shape index (κ1) is 18.8. The highest BCUT2D eigenvalue weighted by molar-refractivity contribution is 5.89. The first-order chi connectivity index (χ1) is 13.1. The molecule has 142 valence electrons. The number of carbonyl (C=O) groups is 2. The Morgan fingerprint density at radius 1 is 0.963 bits per heavy atom. The van der Waals surface area contributed by atoms with Gasteiger partial charge in [-0.05, 0) is 36.8 Å². The Hall–Kier alpha value is -3.02. The SMILES string of the molecule is COC(=O)c1ccc(N2CCN(C(=O)NC(C)c3ccccc3)CC2)cc1. The summed E-state index contributed by atoms with van der Waals surface area (Å²) in [5.41, 5.74) is 2.67. The molecule has 0 spiro atoms. The van der Waals surface area contributed by atoms with Gasteiger partial charge >= 0.3 is 12.0 Å². The lowest BCUT2D eigenvalue weighted by Gasteiger charge is -2.36. The first-order valence-corrected chi connectivity index (χ1v) is 9.12. The van der Waals surface area contributed by atoms with Gasteiger partial charge in [0.25, 0.3) is 0 Å². The third-order valence-electron chi connectivity index (χ3n) is 4.86. The summed E-state index contributed by atoms with van der Waals surface area (Å²) in [5, 5.41) is 3.06. The van der Waals surface area contributed by atoms with Crippen LogP contribution in [0.25, 0.3) is 0 Å². The molecular formula is C21H25N3O3. The Kier molecular flexibility index (Phi) is 5.96. The van der Waals surface area contributed by atoms with E-state index in [2.05, 4.69) is 10.2 Å². The second-order valence-electron chi connectivity index (χ2n) is 6.59. The number of anilines is 1. The number of esters is 1. The minimum Gasteiger partial charge on any atom is -0.465 e. The van der Waals surface area contributed by atoms with E-state index in [1.54, 1.807) is 12.1 Å². The van der Waals surface area contributed by atoms with Crippen LogP contribution >= 0.6 is 0 Å². The highest BCUT2D eigenvalue weighted by atomic mass is 16.5. The fraction of sp³-hybridized carbons (Fsp3) is 0.333. The molecule has 2 aromatic carbocycles. The van der Waals surface area contributed by atoms with Crippen LogP contribution in [-0.2, 0) is 4.74 Å². The van der Waals surface area contributed by atoms with Gasteiger partial charge in [-0.1, -0.05) is 30.3 Å². The minimum absolute atomic E-state index is 0.0254. The number of hydrogen-bond acceptors (Lipinski definition) is 4. The van der Waals surface area contributed by atoms with Crippen molar-refractivity contribution >= 4 is 17.7 Å². The maximum atomic E-state index is 12.5. The molecule has 0 saturated carbocycles. The molecule has 0 aliphatic carbocycles. The van der Waals surface area contributed by atoms with E-state index in [-0.39, 0.29) is 18.0 Å². The Balaban J connectivity index is 1.52. The van der Waals surface area contributed by atoms with Crippen LogP contribution in [0.3, 0.4) is 0 Å². The van der Waals surface area contributed by atoms with Crippen molar-refractivity contribution in [2.45, 2.75) is 13.0 Å². The molecular weight excluding hydrogens is 342 g/mol. The average Bonchev–Trinajstić information content (AvgIpc) is 2.74. The molecule has 3 rings (SSSR count). The third-order valence-corrected chi connectivity index (χ3v) is 4.86. The van der Waals surface area contributed by atoms with Crippen LogP contribution in [0.4, 0.5) is 10.5 Å². The Labute approximate surface area is 159 Å². The van der Waals surface area contributed by atoms with Gasteiger partial charge in [0.15, 0.2) is 0 Å². The van der Waals surface area contributed by atoms with Crippen LogP contribution in [-0.4, -0.2) is 50.2 Å². The Morgan fingerprint density at radius 3 is 2.19 bits per heavy atom. The van der Waals surface area contributed by atoms with Crippen molar-refractivity contribution in [3.05, 3.63) is 65.7 Å². The molecule has 0 aromatic heterocycles. The molecule has 1 saturated heterocycles. The molecule has 1 heterocycles. The summed E-state index contributed by atoms with van der Waals surface area (Å²) in [6.07, 6.45) is 0. The molecule has 1 fully saturated rings. The fourth-order valence-corrected chi connectivity index (χ4v) is 3.20. The van der Waals surface area contributed by atoms with Crippen LogP contribution < -0.4 is 10.2 Å². The molecule has 27 heavy (non-hydrogen) atoms. The number of rotatable bonds is 4. The van der Waals surface area contributed by atoms with Crippen LogP contribution in [0.15, 0.2) is 54.6 Å². The predicted molar refractivity (Wildman–Crippen MR) is 105 cm³/mol. The zero-order valence-corrected chi connectivity index (χ0v) is 15.7. The van der Waals surface area contributed by atoms with E-state index in [0.717, 1.165) is 24.3 Å².